The number of hydrogen-bond acceptors (Lipinski definition) is 7. The summed E-state index contributed by atoms with van der Waals surface area (Å²) in [7, 11) is 0. The standard InChI is InChI=1S/C19H17Cl3N2O8/c20-7-1-4-11(24-19(30)23-8-2-3-9(21)10(22)6-8)12(5-7)31-18-15(27)13(25)14(26)16(32-18)17(28)29/h1-6,13-16,18,25-27H,(H,28,29)(H2,23,24,30)/t13-,14-,15+,16-,18?/m0/s1. The summed E-state index contributed by atoms with van der Waals surface area (Å²) in [6.07, 6.45) is -9.07. The molecule has 3 rings (SSSR count). The fourth-order valence-corrected chi connectivity index (χ4v) is 3.29. The summed E-state index contributed by atoms with van der Waals surface area (Å²) >= 11 is 17.7. The molecule has 172 valence electrons. The Morgan fingerprint density at radius 3 is 2.28 bits per heavy atom. The highest BCUT2D eigenvalue weighted by atomic mass is 35.5. The molecular formula is C19H17Cl3N2O8. The fourth-order valence-electron chi connectivity index (χ4n) is 2.83. The second kappa shape index (κ2) is 10.1. The van der Waals surface area contributed by atoms with Gasteiger partial charge in [-0.1, -0.05) is 34.8 Å². The number of carbonyl (C=O) groups is 2. The van der Waals surface area contributed by atoms with Gasteiger partial charge in [-0.15, -0.1) is 0 Å². The van der Waals surface area contributed by atoms with Crippen LogP contribution in [0.1, 0.15) is 0 Å². The number of carbonyl (C=O) groups excluding carboxylic acids is 1. The molecule has 0 spiro atoms. The van der Waals surface area contributed by atoms with Crippen molar-refractivity contribution in [1.29, 1.82) is 0 Å². The van der Waals surface area contributed by atoms with Crippen LogP contribution in [0.2, 0.25) is 15.1 Å². The van der Waals surface area contributed by atoms with Gasteiger partial charge in [0.2, 0.25) is 6.29 Å². The molecule has 0 radical (unpaired) electrons. The third-order valence-electron chi connectivity index (χ3n) is 4.43. The number of amides is 2. The molecule has 1 aliphatic heterocycles. The third-order valence-corrected chi connectivity index (χ3v) is 5.40. The van der Waals surface area contributed by atoms with Gasteiger partial charge in [0.15, 0.2) is 6.10 Å². The van der Waals surface area contributed by atoms with Crippen LogP contribution in [0.3, 0.4) is 0 Å². The number of halogens is 3. The van der Waals surface area contributed by atoms with Crippen molar-refractivity contribution < 1.29 is 39.5 Å². The van der Waals surface area contributed by atoms with E-state index in [4.69, 9.17) is 49.4 Å². The Kier molecular flexibility index (Phi) is 7.67. The number of nitrogens with one attached hydrogen (secondary N) is 2. The maximum Gasteiger partial charge on any atom is 0.335 e. The summed E-state index contributed by atoms with van der Waals surface area (Å²) in [5.41, 5.74) is 0.427. The first kappa shape index (κ1) is 24.3. The second-order valence-electron chi connectivity index (χ2n) is 6.70. The Bertz CT molecular complexity index is 1020. The molecule has 1 heterocycles. The monoisotopic (exact) mass is 506 g/mol. The predicted octanol–water partition coefficient (Wildman–Crippen LogP) is 2.56. The molecule has 2 aromatic carbocycles. The molecule has 6 N–H and O–H groups in total. The van der Waals surface area contributed by atoms with Gasteiger partial charge in [-0.3, -0.25) is 0 Å². The number of rotatable bonds is 5. The number of anilines is 2. The van der Waals surface area contributed by atoms with Crippen molar-refractivity contribution in [2.24, 2.45) is 0 Å². The molecule has 0 aliphatic carbocycles. The van der Waals surface area contributed by atoms with Crippen LogP contribution in [0.15, 0.2) is 36.4 Å². The lowest BCUT2D eigenvalue weighted by Gasteiger charge is -2.38. The summed E-state index contributed by atoms with van der Waals surface area (Å²) in [5.74, 6) is -1.67. The molecule has 0 bridgehead atoms. The van der Waals surface area contributed by atoms with Gasteiger partial charge in [0.25, 0.3) is 0 Å². The van der Waals surface area contributed by atoms with E-state index < -0.39 is 42.7 Å². The zero-order valence-electron chi connectivity index (χ0n) is 15.9. The molecule has 0 aromatic heterocycles. The molecule has 2 aromatic rings. The van der Waals surface area contributed by atoms with Gasteiger partial charge in [0.1, 0.15) is 24.1 Å². The van der Waals surface area contributed by atoms with Crippen LogP contribution < -0.4 is 15.4 Å². The molecule has 1 saturated heterocycles. The van der Waals surface area contributed by atoms with Crippen LogP contribution in [0.4, 0.5) is 16.2 Å². The van der Waals surface area contributed by atoms with Gasteiger partial charge >= 0.3 is 12.0 Å². The van der Waals surface area contributed by atoms with Crippen LogP contribution in [0, 0.1) is 0 Å². The minimum Gasteiger partial charge on any atom is -0.479 e. The van der Waals surface area contributed by atoms with Gasteiger partial charge in [0, 0.05) is 16.8 Å². The zero-order chi connectivity index (χ0) is 23.6. The molecule has 10 nitrogen and oxygen atoms in total. The first-order valence-electron chi connectivity index (χ1n) is 8.98. The molecule has 0 saturated carbocycles. The van der Waals surface area contributed by atoms with Crippen LogP contribution >= 0.6 is 34.8 Å². The second-order valence-corrected chi connectivity index (χ2v) is 7.95. The van der Waals surface area contributed by atoms with Crippen molar-refractivity contribution in [3.05, 3.63) is 51.5 Å². The Labute approximate surface area is 196 Å². The predicted molar refractivity (Wildman–Crippen MR) is 116 cm³/mol. The first-order valence-corrected chi connectivity index (χ1v) is 10.1. The van der Waals surface area contributed by atoms with E-state index in [2.05, 4.69) is 10.6 Å². The van der Waals surface area contributed by atoms with Crippen LogP contribution in [0.5, 0.6) is 5.75 Å². The summed E-state index contributed by atoms with van der Waals surface area (Å²) < 4.78 is 10.6. The number of hydrogen-bond donors (Lipinski definition) is 6. The molecule has 1 unspecified atom stereocenters. The average Bonchev–Trinajstić information content (AvgIpc) is 2.72. The van der Waals surface area contributed by atoms with E-state index in [9.17, 15) is 24.9 Å². The Morgan fingerprint density at radius 2 is 1.62 bits per heavy atom. The van der Waals surface area contributed by atoms with Crippen LogP contribution in [-0.4, -0.2) is 63.1 Å². The van der Waals surface area contributed by atoms with Gasteiger partial charge in [0.05, 0.1) is 15.7 Å². The SMILES string of the molecule is O=C(Nc1ccc(Cl)c(Cl)c1)Nc1ccc(Cl)cc1OC1O[C@H](C(=O)O)[C@@H](O)[C@H](O)[C@H]1O. The normalized spacial score (nSPS) is 25.1. The largest absolute Gasteiger partial charge is 0.479 e. The minimum atomic E-state index is -1.88. The van der Waals surface area contributed by atoms with Crippen molar-refractivity contribution in [1.82, 2.24) is 0 Å². The van der Waals surface area contributed by atoms with Crippen molar-refractivity contribution in [3.63, 3.8) is 0 Å². The number of aliphatic carboxylic acids is 1. The topological polar surface area (TPSA) is 158 Å². The van der Waals surface area contributed by atoms with E-state index in [-0.39, 0.29) is 21.5 Å². The first-order chi connectivity index (χ1) is 15.1. The molecule has 1 aliphatic rings. The quantitative estimate of drug-likeness (QED) is 0.360. The molecule has 1 fully saturated rings. The molecule has 32 heavy (non-hydrogen) atoms. The van der Waals surface area contributed by atoms with Gasteiger partial charge < -0.3 is 40.5 Å². The number of ether oxygens (including phenoxy) is 2. The number of aliphatic hydroxyl groups excluding tert-OH is 3. The van der Waals surface area contributed by atoms with Gasteiger partial charge in [-0.2, -0.15) is 0 Å². The fraction of sp³-hybridized carbons (Fsp3) is 0.263. The lowest BCUT2D eigenvalue weighted by atomic mass is 9.99. The van der Waals surface area contributed by atoms with E-state index in [1.54, 1.807) is 0 Å². The van der Waals surface area contributed by atoms with Crippen molar-refractivity contribution in [2.75, 3.05) is 10.6 Å². The van der Waals surface area contributed by atoms with Crippen molar-refractivity contribution >= 4 is 58.2 Å². The average molecular weight is 508 g/mol. The van der Waals surface area contributed by atoms with Crippen LogP contribution in [-0.2, 0) is 9.53 Å². The number of carboxylic acid groups (broad SMARTS) is 1. The number of carboxylic acids is 1. The summed E-state index contributed by atoms with van der Waals surface area (Å²) in [6.45, 7) is 0. The zero-order valence-corrected chi connectivity index (χ0v) is 18.2. The van der Waals surface area contributed by atoms with E-state index in [0.717, 1.165) is 0 Å². The maximum absolute atomic E-state index is 12.4. The Balaban J connectivity index is 1.78. The smallest absolute Gasteiger partial charge is 0.335 e. The third kappa shape index (κ3) is 5.54. The number of urea groups is 1. The number of aliphatic hydroxyl groups is 3. The highest BCUT2D eigenvalue weighted by Crippen LogP contribution is 2.32. The van der Waals surface area contributed by atoms with E-state index in [0.29, 0.717) is 10.7 Å². The van der Waals surface area contributed by atoms with Gasteiger partial charge in [-0.05, 0) is 30.3 Å². The summed E-state index contributed by atoms with van der Waals surface area (Å²) in [6, 6.07) is 7.88. The van der Waals surface area contributed by atoms with E-state index >= 15 is 0 Å². The Morgan fingerprint density at radius 1 is 0.906 bits per heavy atom. The molecule has 13 heteroatoms. The lowest BCUT2D eigenvalue weighted by Crippen LogP contribution is -2.61. The molecular weight excluding hydrogens is 491 g/mol. The minimum absolute atomic E-state index is 0.0789. The van der Waals surface area contributed by atoms with E-state index in [1.807, 2.05) is 0 Å². The van der Waals surface area contributed by atoms with Gasteiger partial charge in [-0.25, -0.2) is 9.59 Å². The highest BCUT2D eigenvalue weighted by Gasteiger charge is 2.48. The van der Waals surface area contributed by atoms with Crippen LogP contribution in [0.25, 0.3) is 0 Å². The lowest BCUT2D eigenvalue weighted by molar-refractivity contribution is -0.271. The summed E-state index contributed by atoms with van der Waals surface area (Å²) in [4.78, 5) is 23.7. The maximum atomic E-state index is 12.4. The number of benzene rings is 2. The van der Waals surface area contributed by atoms with Crippen molar-refractivity contribution in [2.45, 2.75) is 30.7 Å². The Hall–Kier alpha value is -2.31. The summed E-state index contributed by atoms with van der Waals surface area (Å²) in [5, 5.41) is 44.8. The molecule has 5 atom stereocenters. The molecule has 2 amide bonds. The van der Waals surface area contributed by atoms with E-state index in [1.165, 1.54) is 36.4 Å². The highest BCUT2D eigenvalue weighted by molar-refractivity contribution is 6.42. The van der Waals surface area contributed by atoms with Crippen molar-refractivity contribution in [3.8, 4) is 5.75 Å².